The number of carbonyl (C=O) groups is 2. The average Bonchev–Trinajstić information content (AvgIpc) is 2.44. The second-order valence-corrected chi connectivity index (χ2v) is 5.07. The van der Waals surface area contributed by atoms with Crippen molar-refractivity contribution in [2.24, 2.45) is 17.4 Å². The molecule has 0 spiro atoms. The van der Waals surface area contributed by atoms with Crippen molar-refractivity contribution < 1.29 is 9.59 Å². The number of benzene rings is 1. The molecule has 0 aliphatic heterocycles. The summed E-state index contributed by atoms with van der Waals surface area (Å²) in [6.07, 6.45) is 1.18. The Balaban J connectivity index is 2.62. The molecule has 1 aromatic rings. The third-order valence-corrected chi connectivity index (χ3v) is 3.45. The molecule has 0 saturated carbocycles. The molecule has 1 rings (SSSR count). The smallest absolute Gasteiger partial charge is 0.240 e. The van der Waals surface area contributed by atoms with Crippen LogP contribution in [-0.4, -0.2) is 23.9 Å². The third kappa shape index (κ3) is 4.66. The minimum absolute atomic E-state index is 0.0135. The van der Waals surface area contributed by atoms with Gasteiger partial charge in [0.15, 0.2) is 0 Å². The summed E-state index contributed by atoms with van der Waals surface area (Å²) in [4.78, 5) is 23.4. The first-order chi connectivity index (χ1) is 9.45. The maximum atomic E-state index is 12.0. The van der Waals surface area contributed by atoms with Gasteiger partial charge >= 0.3 is 0 Å². The summed E-state index contributed by atoms with van der Waals surface area (Å²) in [5.74, 6) is -0.891. The molecule has 0 bridgehead atoms. The zero-order chi connectivity index (χ0) is 15.1. The van der Waals surface area contributed by atoms with Gasteiger partial charge in [0.25, 0.3) is 0 Å². The van der Waals surface area contributed by atoms with Gasteiger partial charge in [-0.1, -0.05) is 50.6 Å². The topological polar surface area (TPSA) is 98.2 Å². The lowest BCUT2D eigenvalue weighted by Gasteiger charge is -2.23. The molecule has 20 heavy (non-hydrogen) atoms. The summed E-state index contributed by atoms with van der Waals surface area (Å²) < 4.78 is 0. The fourth-order valence-electron chi connectivity index (χ4n) is 1.95. The van der Waals surface area contributed by atoms with Crippen LogP contribution >= 0.6 is 0 Å². The Labute approximate surface area is 119 Å². The Hall–Kier alpha value is -1.88. The van der Waals surface area contributed by atoms with Gasteiger partial charge in [0.2, 0.25) is 11.8 Å². The Kier molecular flexibility index (Phi) is 6.18. The van der Waals surface area contributed by atoms with Gasteiger partial charge in [-0.05, 0) is 17.9 Å². The molecule has 0 unspecified atom stereocenters. The van der Waals surface area contributed by atoms with Gasteiger partial charge in [0, 0.05) is 0 Å². The van der Waals surface area contributed by atoms with Gasteiger partial charge in [0.05, 0.1) is 6.04 Å². The van der Waals surface area contributed by atoms with Gasteiger partial charge in [-0.25, -0.2) is 0 Å². The Morgan fingerprint density at radius 1 is 1.25 bits per heavy atom. The van der Waals surface area contributed by atoms with Crippen LogP contribution in [0, 0.1) is 5.92 Å². The summed E-state index contributed by atoms with van der Waals surface area (Å²) >= 11 is 0. The number of hydrogen-bond donors (Lipinski definition) is 3. The van der Waals surface area contributed by atoms with E-state index in [0.717, 1.165) is 12.0 Å². The normalized spacial score (nSPS) is 15.2. The van der Waals surface area contributed by atoms with E-state index in [-0.39, 0.29) is 11.8 Å². The summed E-state index contributed by atoms with van der Waals surface area (Å²) in [5.41, 5.74) is 12.2. The lowest BCUT2D eigenvalue weighted by Crippen LogP contribution is -2.53. The van der Waals surface area contributed by atoms with Crippen LogP contribution < -0.4 is 16.8 Å². The third-order valence-electron chi connectivity index (χ3n) is 3.45. The molecule has 0 aliphatic carbocycles. The lowest BCUT2D eigenvalue weighted by atomic mass is 9.97. The first-order valence-corrected chi connectivity index (χ1v) is 6.84. The SMILES string of the molecule is CC[C@H](C)[C@H](NC(=O)[C@@H](N)Cc1ccccc1)C(N)=O. The monoisotopic (exact) mass is 277 g/mol. The first kappa shape index (κ1) is 16.2. The number of rotatable bonds is 7. The van der Waals surface area contributed by atoms with Crippen LogP contribution in [0.5, 0.6) is 0 Å². The summed E-state index contributed by atoms with van der Waals surface area (Å²) in [6.45, 7) is 3.81. The average molecular weight is 277 g/mol. The molecule has 0 saturated heterocycles. The van der Waals surface area contributed by atoms with E-state index < -0.39 is 18.0 Å². The predicted molar refractivity (Wildman–Crippen MR) is 78.7 cm³/mol. The largest absolute Gasteiger partial charge is 0.368 e. The van der Waals surface area contributed by atoms with E-state index in [1.807, 2.05) is 44.2 Å². The molecule has 0 aliphatic rings. The summed E-state index contributed by atoms with van der Waals surface area (Å²) in [6, 6.07) is 8.15. The minimum atomic E-state index is -0.691. The molecule has 2 amide bonds. The van der Waals surface area contributed by atoms with Crippen molar-refractivity contribution in [2.75, 3.05) is 0 Å². The van der Waals surface area contributed by atoms with Crippen molar-refractivity contribution >= 4 is 11.8 Å². The van der Waals surface area contributed by atoms with Crippen LogP contribution in [0.25, 0.3) is 0 Å². The highest BCUT2D eigenvalue weighted by Gasteiger charge is 2.25. The van der Waals surface area contributed by atoms with E-state index in [4.69, 9.17) is 11.5 Å². The first-order valence-electron chi connectivity index (χ1n) is 6.84. The number of amides is 2. The molecular weight excluding hydrogens is 254 g/mol. The second kappa shape index (κ2) is 7.65. The predicted octanol–water partition coefficient (Wildman–Crippen LogP) is 0.573. The molecule has 5 nitrogen and oxygen atoms in total. The van der Waals surface area contributed by atoms with Gasteiger partial charge in [-0.2, -0.15) is 0 Å². The molecule has 0 fully saturated rings. The number of carbonyl (C=O) groups excluding carboxylic acids is 2. The maximum Gasteiger partial charge on any atom is 0.240 e. The van der Waals surface area contributed by atoms with Crippen LogP contribution in [0.1, 0.15) is 25.8 Å². The standard InChI is InChI=1S/C15H23N3O2/c1-3-10(2)13(14(17)19)18-15(20)12(16)9-11-7-5-4-6-8-11/h4-8,10,12-13H,3,9,16H2,1-2H3,(H2,17,19)(H,18,20)/t10-,12-,13-/m0/s1. The van der Waals surface area contributed by atoms with E-state index in [1.54, 1.807) is 0 Å². The molecule has 0 radical (unpaired) electrons. The van der Waals surface area contributed by atoms with Crippen molar-refractivity contribution in [1.29, 1.82) is 0 Å². The maximum absolute atomic E-state index is 12.0. The van der Waals surface area contributed by atoms with E-state index in [9.17, 15) is 9.59 Å². The van der Waals surface area contributed by atoms with E-state index in [2.05, 4.69) is 5.32 Å². The van der Waals surface area contributed by atoms with Crippen molar-refractivity contribution in [2.45, 2.75) is 38.8 Å². The fraction of sp³-hybridized carbons (Fsp3) is 0.467. The number of nitrogens with two attached hydrogens (primary N) is 2. The van der Waals surface area contributed by atoms with Crippen molar-refractivity contribution in [3.8, 4) is 0 Å². The molecule has 3 atom stereocenters. The Bertz CT molecular complexity index is 448. The highest BCUT2D eigenvalue weighted by molar-refractivity contribution is 5.89. The molecule has 110 valence electrons. The van der Waals surface area contributed by atoms with E-state index in [1.165, 1.54) is 0 Å². The molecule has 0 aromatic heterocycles. The molecule has 5 N–H and O–H groups in total. The van der Waals surface area contributed by atoms with Crippen LogP contribution in [0.3, 0.4) is 0 Å². The van der Waals surface area contributed by atoms with Gasteiger partial charge in [-0.3, -0.25) is 9.59 Å². The summed E-state index contributed by atoms with van der Waals surface area (Å²) in [5, 5.41) is 2.65. The van der Waals surface area contributed by atoms with Crippen molar-refractivity contribution in [3.05, 3.63) is 35.9 Å². The number of nitrogens with one attached hydrogen (secondary N) is 1. The number of hydrogen-bond acceptors (Lipinski definition) is 3. The van der Waals surface area contributed by atoms with Gasteiger partial charge < -0.3 is 16.8 Å². The second-order valence-electron chi connectivity index (χ2n) is 5.07. The van der Waals surface area contributed by atoms with Crippen molar-refractivity contribution in [3.63, 3.8) is 0 Å². The Morgan fingerprint density at radius 2 is 1.85 bits per heavy atom. The minimum Gasteiger partial charge on any atom is -0.368 e. The van der Waals surface area contributed by atoms with E-state index in [0.29, 0.717) is 6.42 Å². The van der Waals surface area contributed by atoms with Crippen LogP contribution in [0.4, 0.5) is 0 Å². The molecular formula is C15H23N3O2. The Morgan fingerprint density at radius 3 is 2.35 bits per heavy atom. The molecule has 1 aromatic carbocycles. The summed E-state index contributed by atoms with van der Waals surface area (Å²) in [7, 11) is 0. The molecule has 5 heteroatoms. The van der Waals surface area contributed by atoms with Crippen LogP contribution in [0.2, 0.25) is 0 Å². The zero-order valence-electron chi connectivity index (χ0n) is 12.0. The van der Waals surface area contributed by atoms with Crippen molar-refractivity contribution in [1.82, 2.24) is 5.32 Å². The zero-order valence-corrected chi connectivity index (χ0v) is 12.0. The van der Waals surface area contributed by atoms with Crippen LogP contribution in [-0.2, 0) is 16.0 Å². The fourth-order valence-corrected chi connectivity index (χ4v) is 1.95. The lowest BCUT2D eigenvalue weighted by molar-refractivity contribution is -0.129. The van der Waals surface area contributed by atoms with Gasteiger partial charge in [0.1, 0.15) is 6.04 Å². The van der Waals surface area contributed by atoms with E-state index >= 15 is 0 Å². The molecule has 0 heterocycles. The quantitative estimate of drug-likeness (QED) is 0.679. The van der Waals surface area contributed by atoms with Gasteiger partial charge in [-0.15, -0.1) is 0 Å². The van der Waals surface area contributed by atoms with Crippen LogP contribution in [0.15, 0.2) is 30.3 Å². The highest BCUT2D eigenvalue weighted by Crippen LogP contribution is 2.08. The highest BCUT2D eigenvalue weighted by atomic mass is 16.2. The number of primary amides is 1.